The Morgan fingerprint density at radius 3 is 1.94 bits per heavy atom. The zero-order chi connectivity index (χ0) is 44.2. The minimum atomic E-state index is -2.33. The van der Waals surface area contributed by atoms with Gasteiger partial charge in [-0.15, -0.1) is 35.7 Å². The summed E-state index contributed by atoms with van der Waals surface area (Å²) in [6.45, 7) is 2.14. The van der Waals surface area contributed by atoms with Crippen molar-refractivity contribution >= 4 is 55.9 Å². The molecule has 2 aromatic heterocycles. The zero-order valence-corrected chi connectivity index (χ0v) is 37.0. The van der Waals surface area contributed by atoms with Crippen LogP contribution in [0.1, 0.15) is 15.2 Å². The third kappa shape index (κ3) is 6.99. The van der Waals surface area contributed by atoms with E-state index in [2.05, 4.69) is 175 Å². The number of aromatic nitrogens is 2. The van der Waals surface area contributed by atoms with E-state index in [9.17, 15) is 0 Å². The van der Waals surface area contributed by atoms with Crippen LogP contribution in [-0.2, 0) is 21.1 Å². The summed E-state index contributed by atoms with van der Waals surface area (Å²) in [5, 5.41) is 2.16. The van der Waals surface area contributed by atoms with Gasteiger partial charge in [0.25, 0.3) is 0 Å². The van der Waals surface area contributed by atoms with Crippen LogP contribution in [0.4, 0.5) is 34.1 Å². The monoisotopic (exact) mass is 995 g/mol. The van der Waals surface area contributed by atoms with Gasteiger partial charge in [-0.25, -0.2) is 4.98 Å². The fourth-order valence-corrected chi connectivity index (χ4v) is 9.23. The van der Waals surface area contributed by atoms with Gasteiger partial charge in [-0.3, -0.25) is 0 Å². The minimum absolute atomic E-state index is 0. The fraction of sp³-hybridized carbons (Fsp3) is 0.0702. The molecule has 0 unspecified atom stereocenters. The van der Waals surface area contributed by atoms with Crippen LogP contribution in [0.5, 0.6) is 0 Å². The van der Waals surface area contributed by atoms with Gasteiger partial charge in [-0.1, -0.05) is 150 Å². The first kappa shape index (κ1) is 36.5. The number of fused-ring (bicyclic) bond motifs is 4. The van der Waals surface area contributed by atoms with Crippen molar-refractivity contribution in [1.82, 2.24) is 9.55 Å². The number of rotatable bonds is 8. The van der Waals surface area contributed by atoms with Crippen molar-refractivity contribution in [2.45, 2.75) is 13.8 Å². The van der Waals surface area contributed by atoms with Crippen LogP contribution in [0.2, 0.25) is 0 Å². The summed E-state index contributed by atoms with van der Waals surface area (Å²) in [7, 11) is 0. The topological polar surface area (TPSA) is 27.5 Å². The first-order valence-electron chi connectivity index (χ1n) is 22.4. The first-order chi connectivity index (χ1) is 31.7. The average molecular weight is 996 g/mol. The Morgan fingerprint density at radius 2 is 1.21 bits per heavy atom. The standard InChI is InChI=1S/C57H43N5.Pt/c1-39-17-14-18-40(2)56(39)43-33-34-58-55(35-43)62-51-28-11-10-25-49(51)50-32-31-46(37-54(50)62)61(45-24-15-23-44(36-45)60-38-59(3)52-29-12-13-30-53(52)60)57-47(41-19-6-4-7-20-41)26-16-27-48(57)42-21-8-5-9-22-42;/h4-35H,38H2,1-3H3;/q-2;+2/i3D3;. The van der Waals surface area contributed by atoms with Crippen molar-refractivity contribution in [2.24, 2.45) is 0 Å². The number of pyridine rings is 1. The van der Waals surface area contributed by atoms with Gasteiger partial charge in [0.15, 0.2) is 0 Å². The van der Waals surface area contributed by atoms with Gasteiger partial charge in [0, 0.05) is 33.9 Å². The largest absolute Gasteiger partial charge is 2.00 e. The molecule has 0 amide bonds. The molecular formula is C57H43N5Pt. The van der Waals surface area contributed by atoms with Crippen LogP contribution in [0, 0.1) is 26.0 Å². The van der Waals surface area contributed by atoms with Gasteiger partial charge in [-0.05, 0) is 82.9 Å². The van der Waals surface area contributed by atoms with Gasteiger partial charge in [0.2, 0.25) is 0 Å². The molecule has 63 heavy (non-hydrogen) atoms. The Kier molecular flexibility index (Phi) is 9.59. The fourth-order valence-electron chi connectivity index (χ4n) is 9.23. The summed E-state index contributed by atoms with van der Waals surface area (Å²) >= 11 is 0. The molecule has 1 aliphatic heterocycles. The molecule has 0 saturated carbocycles. The Balaban J connectivity index is 0.00000511. The number of nitrogens with zero attached hydrogens (tertiary/aromatic N) is 5. The second-order valence-corrected chi connectivity index (χ2v) is 15.8. The summed E-state index contributed by atoms with van der Waals surface area (Å²) in [4.78, 5) is 10.8. The molecule has 0 aliphatic carbocycles. The minimum Gasteiger partial charge on any atom is -0.357 e. The quantitative estimate of drug-likeness (QED) is 0.142. The van der Waals surface area contributed by atoms with Crippen molar-refractivity contribution in [3.8, 4) is 39.2 Å². The van der Waals surface area contributed by atoms with Crippen LogP contribution in [0.3, 0.4) is 0 Å². The van der Waals surface area contributed by atoms with Crippen molar-refractivity contribution in [2.75, 3.05) is 28.3 Å². The molecule has 5 nitrogen and oxygen atoms in total. The molecule has 8 aromatic carbocycles. The van der Waals surface area contributed by atoms with Gasteiger partial charge in [0.1, 0.15) is 5.82 Å². The molecule has 11 rings (SSSR count). The molecule has 0 saturated heterocycles. The summed E-state index contributed by atoms with van der Waals surface area (Å²) < 4.78 is 27.5. The van der Waals surface area contributed by atoms with E-state index < -0.39 is 6.98 Å². The SMILES string of the molecule is [2H]C([2H])([2H])N1CN(c2[c-]c(N(c3[c-]c4c(cc3)c3ccccc3n4-c3cc(-c4c(C)cccc4C)ccn3)c3c(-c4ccccc4)cccc3-c3ccccc3)ccc2)c2ccccc21.[Pt+2]. The van der Waals surface area contributed by atoms with Gasteiger partial charge in [0.05, 0.1) is 23.7 Å². The third-order valence-electron chi connectivity index (χ3n) is 12.0. The first-order valence-corrected chi connectivity index (χ1v) is 20.9. The Morgan fingerprint density at radius 1 is 0.571 bits per heavy atom. The van der Waals surface area contributed by atoms with Gasteiger partial charge in [-0.2, -0.15) is 12.1 Å². The van der Waals surface area contributed by atoms with Crippen LogP contribution in [0.15, 0.2) is 194 Å². The number of hydrogen-bond donors (Lipinski definition) is 0. The van der Waals surface area contributed by atoms with E-state index in [1.165, 1.54) is 21.6 Å². The molecule has 1 aliphatic rings. The maximum Gasteiger partial charge on any atom is 2.00 e. The molecule has 0 N–H and O–H groups in total. The number of anilines is 6. The molecule has 0 bridgehead atoms. The predicted octanol–water partition coefficient (Wildman–Crippen LogP) is 14.4. The number of benzene rings is 8. The molecule has 0 fully saturated rings. The van der Waals surface area contributed by atoms with E-state index in [0.717, 1.165) is 83.9 Å². The number of aryl methyl sites for hydroxylation is 2. The van der Waals surface area contributed by atoms with Crippen LogP contribution >= 0.6 is 0 Å². The summed E-state index contributed by atoms with van der Waals surface area (Å²) in [5.41, 5.74) is 15.6. The average Bonchev–Trinajstić information content (AvgIpc) is 3.89. The summed E-state index contributed by atoms with van der Waals surface area (Å²) in [6.07, 6.45) is 1.90. The van der Waals surface area contributed by atoms with E-state index in [1.54, 1.807) is 0 Å². The van der Waals surface area contributed by atoms with Crippen molar-refractivity contribution in [3.63, 3.8) is 0 Å². The molecule has 0 spiro atoms. The second-order valence-electron chi connectivity index (χ2n) is 15.8. The van der Waals surface area contributed by atoms with E-state index >= 15 is 0 Å². The summed E-state index contributed by atoms with van der Waals surface area (Å²) in [6, 6.07) is 72.6. The van der Waals surface area contributed by atoms with Crippen molar-refractivity contribution < 1.29 is 25.2 Å². The normalized spacial score (nSPS) is 13.0. The Hall–Kier alpha value is -7.20. The van der Waals surface area contributed by atoms with E-state index in [1.807, 2.05) is 59.6 Å². The van der Waals surface area contributed by atoms with Crippen molar-refractivity contribution in [1.29, 1.82) is 0 Å². The van der Waals surface area contributed by atoms with Gasteiger partial charge < -0.3 is 19.3 Å². The Labute approximate surface area is 387 Å². The molecule has 10 aromatic rings. The van der Waals surface area contributed by atoms with Crippen LogP contribution < -0.4 is 14.7 Å². The second kappa shape index (κ2) is 16.6. The molecule has 6 heteroatoms. The molecule has 306 valence electrons. The van der Waals surface area contributed by atoms with E-state index in [4.69, 9.17) is 9.10 Å². The Bertz CT molecular complexity index is 3330. The smallest absolute Gasteiger partial charge is 0.357 e. The van der Waals surface area contributed by atoms with Crippen molar-refractivity contribution in [3.05, 3.63) is 218 Å². The molecule has 0 radical (unpaired) electrons. The third-order valence-corrected chi connectivity index (χ3v) is 12.0. The molecule has 3 heterocycles. The summed E-state index contributed by atoms with van der Waals surface area (Å²) in [5.74, 6) is 0.797. The number of para-hydroxylation sites is 4. The van der Waals surface area contributed by atoms with E-state index in [-0.39, 0.29) is 27.7 Å². The van der Waals surface area contributed by atoms with Crippen LogP contribution in [0.25, 0.3) is 61.0 Å². The van der Waals surface area contributed by atoms with Gasteiger partial charge >= 0.3 is 21.1 Å². The van der Waals surface area contributed by atoms with Crippen LogP contribution in [-0.4, -0.2) is 23.2 Å². The van der Waals surface area contributed by atoms with E-state index in [0.29, 0.717) is 5.69 Å². The molecule has 0 atom stereocenters. The number of hydrogen-bond acceptors (Lipinski definition) is 4. The maximum absolute atomic E-state index is 8.42. The zero-order valence-electron chi connectivity index (χ0n) is 37.7. The predicted molar refractivity (Wildman–Crippen MR) is 259 cm³/mol. The molecular weight excluding hydrogens is 950 g/mol. The maximum atomic E-state index is 8.42.